The van der Waals surface area contributed by atoms with Crippen LogP contribution in [0.25, 0.3) is 0 Å². The van der Waals surface area contributed by atoms with Crippen molar-refractivity contribution in [3.8, 4) is 0 Å². The lowest BCUT2D eigenvalue weighted by Crippen LogP contribution is -2.53. The van der Waals surface area contributed by atoms with Crippen LogP contribution in [-0.2, 0) is 4.79 Å². The summed E-state index contributed by atoms with van der Waals surface area (Å²) in [6, 6.07) is 13.8. The fourth-order valence-electron chi connectivity index (χ4n) is 3.74. The predicted molar refractivity (Wildman–Crippen MR) is 113 cm³/mol. The van der Waals surface area contributed by atoms with Crippen molar-refractivity contribution in [2.45, 2.75) is 32.7 Å². The van der Waals surface area contributed by atoms with Crippen LogP contribution in [0.5, 0.6) is 0 Å². The van der Waals surface area contributed by atoms with Gasteiger partial charge in [-0.3, -0.25) is 14.4 Å². The Morgan fingerprint density at radius 3 is 2.10 bits per heavy atom. The lowest BCUT2D eigenvalue weighted by Gasteiger charge is -2.35. The quantitative estimate of drug-likeness (QED) is 0.739. The third kappa shape index (κ3) is 5.12. The molecule has 0 aromatic heterocycles. The van der Waals surface area contributed by atoms with E-state index in [2.05, 4.69) is 5.32 Å². The van der Waals surface area contributed by atoms with E-state index in [0.717, 1.165) is 0 Å². The third-order valence-electron chi connectivity index (χ3n) is 5.56. The zero-order valence-electron chi connectivity index (χ0n) is 17.3. The highest BCUT2D eigenvalue weighted by Crippen LogP contribution is 2.23. The molecule has 2 amide bonds. The zero-order chi connectivity index (χ0) is 21.7. The predicted octanol–water partition coefficient (Wildman–Crippen LogP) is 3.70. The van der Waals surface area contributed by atoms with Crippen LogP contribution in [0.15, 0.2) is 54.6 Å². The number of nitrogens with zero attached hydrogens (tertiary/aromatic N) is 1. The van der Waals surface area contributed by atoms with E-state index < -0.39 is 17.8 Å². The lowest BCUT2D eigenvalue weighted by molar-refractivity contribution is -0.135. The Bertz CT molecular complexity index is 888. The zero-order valence-corrected chi connectivity index (χ0v) is 17.3. The van der Waals surface area contributed by atoms with Gasteiger partial charge in [-0.15, -0.1) is 0 Å². The van der Waals surface area contributed by atoms with Crippen LogP contribution in [-0.4, -0.2) is 41.6 Å². The van der Waals surface area contributed by atoms with Gasteiger partial charge in [-0.05, 0) is 43.0 Å². The van der Waals surface area contributed by atoms with E-state index in [0.29, 0.717) is 37.1 Å². The molecule has 6 heteroatoms. The first-order valence-electron chi connectivity index (χ1n) is 10.3. The molecular formula is C24H27FN2O3. The minimum atomic E-state index is -0.677. The van der Waals surface area contributed by atoms with Gasteiger partial charge in [0.1, 0.15) is 11.9 Å². The monoisotopic (exact) mass is 410 g/mol. The molecule has 1 N–H and O–H groups in total. The van der Waals surface area contributed by atoms with Gasteiger partial charge in [-0.1, -0.05) is 44.2 Å². The molecule has 1 aliphatic heterocycles. The van der Waals surface area contributed by atoms with Crippen LogP contribution >= 0.6 is 0 Å². The summed E-state index contributed by atoms with van der Waals surface area (Å²) in [5, 5.41) is 2.79. The molecule has 0 spiro atoms. The summed E-state index contributed by atoms with van der Waals surface area (Å²) >= 11 is 0. The van der Waals surface area contributed by atoms with Crippen LogP contribution in [0.1, 0.15) is 47.4 Å². The molecule has 158 valence electrons. The Morgan fingerprint density at radius 2 is 1.53 bits per heavy atom. The molecule has 0 radical (unpaired) electrons. The number of ketones is 1. The van der Waals surface area contributed by atoms with Gasteiger partial charge in [0, 0.05) is 30.1 Å². The van der Waals surface area contributed by atoms with Gasteiger partial charge in [0.25, 0.3) is 5.91 Å². The highest BCUT2D eigenvalue weighted by Gasteiger charge is 2.33. The van der Waals surface area contributed by atoms with Crippen molar-refractivity contribution in [3.63, 3.8) is 0 Å². The van der Waals surface area contributed by atoms with Crippen LogP contribution in [0.2, 0.25) is 0 Å². The maximum Gasteiger partial charge on any atom is 0.251 e. The van der Waals surface area contributed by atoms with Crippen LogP contribution in [0.4, 0.5) is 4.39 Å². The molecule has 1 saturated heterocycles. The number of nitrogens with one attached hydrogen (secondary N) is 1. The van der Waals surface area contributed by atoms with Crippen molar-refractivity contribution in [1.29, 1.82) is 0 Å². The summed E-state index contributed by atoms with van der Waals surface area (Å²) < 4.78 is 13.1. The maximum absolute atomic E-state index is 13.1. The molecule has 2 aromatic rings. The first-order valence-corrected chi connectivity index (χ1v) is 10.3. The molecule has 5 nitrogen and oxygen atoms in total. The number of likely N-dealkylation sites (tertiary alicyclic amines) is 1. The number of Topliss-reactive ketones (excluding diaryl/α,β-unsaturated/α-hetero) is 1. The minimum Gasteiger partial charge on any atom is -0.341 e. The number of amides is 2. The molecule has 30 heavy (non-hydrogen) atoms. The number of rotatable bonds is 6. The standard InChI is InChI=1S/C24H27FN2O3/c1-16(2)21(26-23(29)19-8-10-20(25)11-9-19)24(30)27-14-12-18(13-15-27)22(28)17-6-4-3-5-7-17/h3-11,16,18,21H,12-15H2,1-2H3,(H,26,29)/t21-/m0/s1. The van der Waals surface area contributed by atoms with Gasteiger partial charge >= 0.3 is 0 Å². The Balaban J connectivity index is 1.60. The maximum atomic E-state index is 13.1. The number of benzene rings is 2. The molecular weight excluding hydrogens is 383 g/mol. The third-order valence-corrected chi connectivity index (χ3v) is 5.56. The van der Waals surface area contributed by atoms with E-state index in [1.165, 1.54) is 24.3 Å². The van der Waals surface area contributed by atoms with Crippen molar-refractivity contribution in [1.82, 2.24) is 10.2 Å². The smallest absolute Gasteiger partial charge is 0.251 e. The first-order chi connectivity index (χ1) is 14.4. The van der Waals surface area contributed by atoms with Crippen molar-refractivity contribution < 1.29 is 18.8 Å². The highest BCUT2D eigenvalue weighted by atomic mass is 19.1. The SMILES string of the molecule is CC(C)[C@H](NC(=O)c1ccc(F)cc1)C(=O)N1CCC(C(=O)c2ccccc2)CC1. The Kier molecular flexibility index (Phi) is 6.98. The summed E-state index contributed by atoms with van der Waals surface area (Å²) in [7, 11) is 0. The van der Waals surface area contributed by atoms with Gasteiger partial charge in [-0.2, -0.15) is 0 Å². The Morgan fingerprint density at radius 1 is 0.933 bits per heavy atom. The number of piperidine rings is 1. The van der Waals surface area contributed by atoms with E-state index >= 15 is 0 Å². The van der Waals surface area contributed by atoms with Gasteiger partial charge in [0.05, 0.1) is 0 Å². The average Bonchev–Trinajstić information content (AvgIpc) is 2.77. The summed E-state index contributed by atoms with van der Waals surface area (Å²) in [5.74, 6) is -1.06. The molecule has 1 fully saturated rings. The number of hydrogen-bond acceptors (Lipinski definition) is 3. The fraction of sp³-hybridized carbons (Fsp3) is 0.375. The van der Waals surface area contributed by atoms with Crippen molar-refractivity contribution in [2.75, 3.05) is 13.1 Å². The number of hydrogen-bond donors (Lipinski definition) is 1. The van der Waals surface area contributed by atoms with E-state index in [9.17, 15) is 18.8 Å². The van der Waals surface area contributed by atoms with Crippen molar-refractivity contribution in [3.05, 3.63) is 71.5 Å². The average molecular weight is 410 g/mol. The Labute approximate surface area is 176 Å². The summed E-state index contributed by atoms with van der Waals surface area (Å²) in [4.78, 5) is 40.0. The number of carbonyl (C=O) groups is 3. The largest absolute Gasteiger partial charge is 0.341 e. The summed E-state index contributed by atoms with van der Waals surface area (Å²) in [6.45, 7) is 4.72. The Hall–Kier alpha value is -3.02. The molecule has 3 rings (SSSR count). The molecule has 0 aliphatic carbocycles. The second kappa shape index (κ2) is 9.65. The lowest BCUT2D eigenvalue weighted by atomic mass is 9.88. The number of halogens is 1. The van der Waals surface area contributed by atoms with Crippen molar-refractivity contribution in [2.24, 2.45) is 11.8 Å². The molecule has 0 saturated carbocycles. The van der Waals surface area contributed by atoms with Crippen molar-refractivity contribution >= 4 is 17.6 Å². The van der Waals surface area contributed by atoms with Gasteiger partial charge in [-0.25, -0.2) is 4.39 Å². The van der Waals surface area contributed by atoms with E-state index in [4.69, 9.17) is 0 Å². The van der Waals surface area contributed by atoms with E-state index in [-0.39, 0.29) is 23.5 Å². The minimum absolute atomic E-state index is 0.0947. The normalized spacial score (nSPS) is 15.7. The topological polar surface area (TPSA) is 66.5 Å². The number of carbonyl (C=O) groups excluding carboxylic acids is 3. The van der Waals surface area contributed by atoms with Crippen LogP contribution in [0.3, 0.4) is 0 Å². The van der Waals surface area contributed by atoms with Crippen LogP contribution in [0, 0.1) is 17.7 Å². The molecule has 1 aliphatic rings. The molecule has 0 bridgehead atoms. The van der Waals surface area contributed by atoms with Gasteiger partial charge in [0.15, 0.2) is 5.78 Å². The molecule has 2 aromatic carbocycles. The van der Waals surface area contributed by atoms with Crippen LogP contribution < -0.4 is 5.32 Å². The molecule has 1 heterocycles. The second-order valence-electron chi connectivity index (χ2n) is 8.03. The van der Waals surface area contributed by atoms with E-state index in [1.54, 1.807) is 4.90 Å². The highest BCUT2D eigenvalue weighted by molar-refractivity contribution is 5.99. The van der Waals surface area contributed by atoms with E-state index in [1.807, 2.05) is 44.2 Å². The van der Waals surface area contributed by atoms with Gasteiger partial charge < -0.3 is 10.2 Å². The van der Waals surface area contributed by atoms with Gasteiger partial charge in [0.2, 0.25) is 5.91 Å². The molecule has 1 atom stereocenters. The fourth-order valence-corrected chi connectivity index (χ4v) is 3.74. The first kappa shape index (κ1) is 21.7. The summed E-state index contributed by atoms with van der Waals surface area (Å²) in [5.41, 5.74) is 1.01. The summed E-state index contributed by atoms with van der Waals surface area (Å²) in [6.07, 6.45) is 1.21. The molecule has 0 unspecified atom stereocenters. The second-order valence-corrected chi connectivity index (χ2v) is 8.03.